The lowest BCUT2D eigenvalue weighted by molar-refractivity contribution is -0.133. The van der Waals surface area contributed by atoms with E-state index in [4.69, 9.17) is 9.15 Å². The summed E-state index contributed by atoms with van der Waals surface area (Å²) in [5.41, 5.74) is 0.963. The van der Waals surface area contributed by atoms with Gasteiger partial charge in [-0.25, -0.2) is 8.42 Å². The van der Waals surface area contributed by atoms with Crippen molar-refractivity contribution in [3.63, 3.8) is 0 Å². The van der Waals surface area contributed by atoms with Crippen molar-refractivity contribution in [1.82, 2.24) is 4.90 Å². The minimum absolute atomic E-state index is 0.0134. The summed E-state index contributed by atoms with van der Waals surface area (Å²) in [6.07, 6.45) is 1.86. The molecule has 3 aromatic rings. The van der Waals surface area contributed by atoms with E-state index in [9.17, 15) is 18.0 Å². The topological polar surface area (TPSA) is 93.9 Å². The Morgan fingerprint density at radius 3 is 2.77 bits per heavy atom. The molecule has 1 amide bonds. The van der Waals surface area contributed by atoms with Crippen LogP contribution in [0.4, 0.5) is 0 Å². The fraction of sp³-hybridized carbons (Fsp3) is 0.300. The Bertz CT molecular complexity index is 1230. The van der Waals surface area contributed by atoms with Gasteiger partial charge in [-0.15, -0.1) is 11.3 Å². The number of hydrogen-bond donors (Lipinski definition) is 0. The largest absolute Gasteiger partial charge is 0.484 e. The maximum atomic E-state index is 12.8. The molecule has 1 fully saturated rings. The molecule has 7 nitrogen and oxygen atoms in total. The predicted molar refractivity (Wildman–Crippen MR) is 117 cm³/mol. The lowest BCUT2D eigenvalue weighted by Gasteiger charge is -2.23. The Labute approximate surface area is 185 Å². The Morgan fingerprint density at radius 2 is 2.10 bits per heavy atom. The number of sulfone groups is 1. The van der Waals surface area contributed by atoms with Crippen molar-refractivity contribution in [2.75, 3.05) is 25.2 Å². The summed E-state index contributed by atoms with van der Waals surface area (Å²) in [6, 6.07) is 8.25. The molecule has 3 heterocycles. The Kier molecular flexibility index (Phi) is 5.73. The highest BCUT2D eigenvalue weighted by Gasteiger charge is 2.32. The van der Waals surface area contributed by atoms with E-state index in [1.54, 1.807) is 31.3 Å². The SMILES string of the molecule is CN(C(=O)COc1ccc2occ(C(=O)c3ccc(Br)s3)c2c1)[C@@H]1CCS(=O)(=O)C1. The first-order valence-electron chi connectivity index (χ1n) is 9.14. The first-order valence-corrected chi connectivity index (χ1v) is 12.6. The summed E-state index contributed by atoms with van der Waals surface area (Å²) in [4.78, 5) is 27.2. The predicted octanol–water partition coefficient (Wildman–Crippen LogP) is 3.51. The molecule has 0 bridgehead atoms. The zero-order valence-electron chi connectivity index (χ0n) is 16.0. The van der Waals surface area contributed by atoms with Crippen LogP contribution in [0.25, 0.3) is 11.0 Å². The minimum Gasteiger partial charge on any atom is -0.484 e. The average molecular weight is 512 g/mol. The van der Waals surface area contributed by atoms with Crippen molar-refractivity contribution >= 4 is 59.8 Å². The Balaban J connectivity index is 1.47. The number of ketones is 1. The van der Waals surface area contributed by atoms with Crippen LogP contribution in [0.2, 0.25) is 0 Å². The van der Waals surface area contributed by atoms with Crippen molar-refractivity contribution in [3.05, 3.63) is 50.8 Å². The van der Waals surface area contributed by atoms with Crippen LogP contribution in [0, 0.1) is 0 Å². The fourth-order valence-corrected chi connectivity index (χ4v) is 6.49. The van der Waals surface area contributed by atoms with Gasteiger partial charge in [0, 0.05) is 18.5 Å². The van der Waals surface area contributed by atoms with Gasteiger partial charge in [-0.05, 0) is 52.7 Å². The maximum Gasteiger partial charge on any atom is 0.260 e. The second-order valence-corrected chi connectivity index (χ2v) is 11.8. The van der Waals surface area contributed by atoms with Crippen LogP contribution in [0.15, 0.2) is 44.8 Å². The summed E-state index contributed by atoms with van der Waals surface area (Å²) in [5, 5.41) is 0.602. The van der Waals surface area contributed by atoms with Crippen LogP contribution in [0.3, 0.4) is 0 Å². The van der Waals surface area contributed by atoms with E-state index in [0.717, 1.165) is 3.79 Å². The van der Waals surface area contributed by atoms with Gasteiger partial charge < -0.3 is 14.1 Å². The van der Waals surface area contributed by atoms with Crippen molar-refractivity contribution in [1.29, 1.82) is 0 Å². The lowest BCUT2D eigenvalue weighted by atomic mass is 10.1. The molecule has 1 saturated heterocycles. The number of amides is 1. The van der Waals surface area contributed by atoms with Gasteiger partial charge in [-0.2, -0.15) is 0 Å². The van der Waals surface area contributed by atoms with Gasteiger partial charge in [0.1, 0.15) is 17.6 Å². The van der Waals surface area contributed by atoms with E-state index < -0.39 is 9.84 Å². The summed E-state index contributed by atoms with van der Waals surface area (Å²) >= 11 is 4.69. The molecule has 2 aromatic heterocycles. The van der Waals surface area contributed by atoms with E-state index in [0.29, 0.717) is 33.6 Å². The third-order valence-corrected chi connectivity index (χ3v) is 8.47. The van der Waals surface area contributed by atoms with Gasteiger partial charge in [-0.1, -0.05) is 0 Å². The summed E-state index contributed by atoms with van der Waals surface area (Å²) < 4.78 is 35.2. The molecule has 30 heavy (non-hydrogen) atoms. The smallest absolute Gasteiger partial charge is 0.260 e. The van der Waals surface area contributed by atoms with Crippen LogP contribution in [0.5, 0.6) is 5.75 Å². The van der Waals surface area contributed by atoms with E-state index in [-0.39, 0.29) is 35.8 Å². The van der Waals surface area contributed by atoms with Gasteiger partial charge in [0.2, 0.25) is 5.78 Å². The number of carbonyl (C=O) groups is 2. The molecule has 0 unspecified atom stereocenters. The van der Waals surface area contributed by atoms with E-state index in [2.05, 4.69) is 15.9 Å². The quantitative estimate of drug-likeness (QED) is 0.470. The highest BCUT2D eigenvalue weighted by Crippen LogP contribution is 2.30. The van der Waals surface area contributed by atoms with Crippen molar-refractivity contribution < 1.29 is 27.2 Å². The molecule has 0 spiro atoms. The van der Waals surface area contributed by atoms with Crippen LogP contribution in [-0.4, -0.2) is 56.2 Å². The number of likely N-dealkylation sites (N-methyl/N-ethyl adjacent to an activating group) is 1. The number of benzene rings is 1. The third kappa shape index (κ3) is 4.30. The van der Waals surface area contributed by atoms with Crippen LogP contribution in [0.1, 0.15) is 21.7 Å². The third-order valence-electron chi connectivity index (χ3n) is 5.10. The first kappa shape index (κ1) is 21.1. The standard InChI is InChI=1S/C20H18BrNO6S2/c1-22(12-6-7-30(25,26)11-12)19(23)10-27-13-2-3-16-14(8-13)15(9-28-16)20(24)17-4-5-18(21)29-17/h2-5,8-9,12H,6-7,10-11H2,1H3/t12-/m1/s1. The van der Waals surface area contributed by atoms with Crippen LogP contribution >= 0.6 is 27.3 Å². The van der Waals surface area contributed by atoms with Crippen molar-refractivity contribution in [2.24, 2.45) is 0 Å². The van der Waals surface area contributed by atoms with Gasteiger partial charge in [0.05, 0.1) is 25.7 Å². The highest BCUT2D eigenvalue weighted by atomic mass is 79.9. The Morgan fingerprint density at radius 1 is 1.30 bits per heavy atom. The number of carbonyl (C=O) groups excluding carboxylic acids is 2. The summed E-state index contributed by atoms with van der Waals surface area (Å²) in [5.74, 6) is 0.0564. The van der Waals surface area contributed by atoms with E-state index >= 15 is 0 Å². The van der Waals surface area contributed by atoms with Gasteiger partial charge in [0.25, 0.3) is 5.91 Å². The molecule has 1 aliphatic heterocycles. The molecule has 0 N–H and O–H groups in total. The van der Waals surface area contributed by atoms with E-state index in [1.165, 1.54) is 22.5 Å². The number of hydrogen-bond acceptors (Lipinski definition) is 7. The zero-order chi connectivity index (χ0) is 21.5. The number of ether oxygens (including phenoxy) is 1. The van der Waals surface area contributed by atoms with Crippen LogP contribution in [-0.2, 0) is 14.6 Å². The average Bonchev–Trinajstić information content (AvgIpc) is 3.42. The maximum absolute atomic E-state index is 12.8. The summed E-state index contributed by atoms with van der Waals surface area (Å²) in [6.45, 7) is -0.225. The van der Waals surface area contributed by atoms with E-state index in [1.807, 2.05) is 6.07 Å². The molecule has 1 aliphatic rings. The molecule has 0 radical (unpaired) electrons. The monoisotopic (exact) mass is 511 g/mol. The normalized spacial score (nSPS) is 17.9. The van der Waals surface area contributed by atoms with Crippen molar-refractivity contribution in [3.8, 4) is 5.75 Å². The van der Waals surface area contributed by atoms with Gasteiger partial charge in [0.15, 0.2) is 16.4 Å². The molecule has 10 heteroatoms. The van der Waals surface area contributed by atoms with Gasteiger partial charge in [-0.3, -0.25) is 9.59 Å². The lowest BCUT2D eigenvalue weighted by Crippen LogP contribution is -2.40. The molecule has 0 aliphatic carbocycles. The fourth-order valence-electron chi connectivity index (χ4n) is 3.37. The van der Waals surface area contributed by atoms with Crippen molar-refractivity contribution in [2.45, 2.75) is 12.5 Å². The summed E-state index contributed by atoms with van der Waals surface area (Å²) in [7, 11) is -1.48. The second kappa shape index (κ2) is 8.16. The first-order chi connectivity index (χ1) is 14.2. The molecule has 0 saturated carbocycles. The molecule has 1 aromatic carbocycles. The number of thiophene rings is 1. The molecule has 158 valence electrons. The number of rotatable bonds is 6. The number of nitrogens with zero attached hydrogens (tertiary/aromatic N) is 1. The number of halogens is 1. The molecular weight excluding hydrogens is 494 g/mol. The van der Waals surface area contributed by atoms with Gasteiger partial charge >= 0.3 is 0 Å². The zero-order valence-corrected chi connectivity index (χ0v) is 19.2. The minimum atomic E-state index is -3.07. The molecule has 4 rings (SSSR count). The Hall–Kier alpha value is -2.17. The molecular formula is C20H18BrNO6S2. The van der Waals surface area contributed by atoms with Crippen LogP contribution < -0.4 is 4.74 Å². The second-order valence-electron chi connectivity index (χ2n) is 7.09. The number of fused-ring (bicyclic) bond motifs is 1. The molecule has 1 atom stereocenters. The highest BCUT2D eigenvalue weighted by molar-refractivity contribution is 9.11. The number of furan rings is 1.